The zero-order valence-electron chi connectivity index (χ0n) is 10.8. The van der Waals surface area contributed by atoms with E-state index in [-0.39, 0.29) is 4.75 Å². The van der Waals surface area contributed by atoms with Crippen LogP contribution in [0.4, 0.5) is 0 Å². The van der Waals surface area contributed by atoms with Crippen molar-refractivity contribution in [3.8, 4) is 0 Å². The van der Waals surface area contributed by atoms with Gasteiger partial charge in [0.15, 0.2) is 10.5 Å². The van der Waals surface area contributed by atoms with Crippen molar-refractivity contribution in [3.63, 3.8) is 0 Å². The molecule has 1 heterocycles. The molecule has 2 heteroatoms. The summed E-state index contributed by atoms with van der Waals surface area (Å²) in [5.41, 5.74) is 0. The normalized spacial score (nSPS) is 24.9. The number of ketones is 1. The summed E-state index contributed by atoms with van der Waals surface area (Å²) in [4.78, 5) is 12.6. The van der Waals surface area contributed by atoms with Crippen molar-refractivity contribution in [3.05, 3.63) is 0 Å². The maximum Gasteiger partial charge on any atom is 0.190 e. The van der Waals surface area contributed by atoms with Crippen molar-refractivity contribution in [2.24, 2.45) is 5.92 Å². The predicted molar refractivity (Wildman–Crippen MR) is 72.0 cm³/mol. The van der Waals surface area contributed by atoms with E-state index in [9.17, 15) is 4.79 Å². The number of Topliss-reactive ketones (excluding diaryl/α,β-unsaturated/α-hetero) is 1. The monoisotopic (exact) mass is 241 g/mol. The Bertz CT molecular complexity index is 247. The summed E-state index contributed by atoms with van der Waals surface area (Å²) in [5, 5.41) is 0. The first-order valence-corrected chi connectivity index (χ1v) is 8.40. The molecule has 1 aliphatic heterocycles. The second kappa shape index (κ2) is 5.12. The van der Waals surface area contributed by atoms with Crippen LogP contribution in [0.3, 0.4) is 0 Å². The van der Waals surface area contributed by atoms with Crippen molar-refractivity contribution in [2.45, 2.75) is 63.5 Å². The maximum atomic E-state index is 12.6. The Hall–Kier alpha value is 0.0200. The fourth-order valence-corrected chi connectivity index (χ4v) is 5.94. The number of hydrogen-bond donors (Lipinski definition) is 0. The lowest BCUT2D eigenvalue weighted by Gasteiger charge is -2.28. The van der Waals surface area contributed by atoms with Crippen molar-refractivity contribution in [2.75, 3.05) is 11.5 Å². The van der Waals surface area contributed by atoms with Crippen LogP contribution in [-0.4, -0.2) is 22.0 Å². The van der Waals surface area contributed by atoms with Crippen LogP contribution in [0.1, 0.15) is 58.8 Å². The third-order valence-electron chi connectivity index (χ3n) is 4.32. The Morgan fingerprint density at radius 1 is 1.00 bits per heavy atom. The van der Waals surface area contributed by atoms with Crippen molar-refractivity contribution in [1.29, 1.82) is 0 Å². The lowest BCUT2D eigenvalue weighted by molar-refractivity contribution is -0.125. The zero-order chi connectivity index (χ0) is 11.6. The standard InChI is InChI=1S/C14H25OS/c1-14(2,16-10-6-7-11-16)13(15)12-8-4-3-5-9-12/h12H,3-11H2,1-2H3/q+1. The molecule has 1 saturated heterocycles. The first kappa shape index (κ1) is 12.5. The first-order valence-electron chi connectivity index (χ1n) is 6.84. The van der Waals surface area contributed by atoms with E-state index in [1.165, 1.54) is 56.5 Å². The van der Waals surface area contributed by atoms with Crippen LogP contribution in [-0.2, 0) is 15.7 Å². The zero-order valence-corrected chi connectivity index (χ0v) is 11.6. The molecule has 0 unspecified atom stereocenters. The highest BCUT2D eigenvalue weighted by Crippen LogP contribution is 2.34. The minimum atomic E-state index is -0.0154. The number of rotatable bonds is 3. The Kier molecular flexibility index (Phi) is 3.99. The van der Waals surface area contributed by atoms with Gasteiger partial charge in [-0.25, -0.2) is 0 Å². The summed E-state index contributed by atoms with van der Waals surface area (Å²) < 4.78 is -0.0154. The van der Waals surface area contributed by atoms with Gasteiger partial charge in [-0.2, -0.15) is 0 Å². The molecule has 0 aromatic rings. The molecule has 2 fully saturated rings. The highest BCUT2D eigenvalue weighted by molar-refractivity contribution is 7.99. The Balaban J connectivity index is 2.00. The van der Waals surface area contributed by atoms with Crippen molar-refractivity contribution >= 4 is 16.7 Å². The molecule has 0 radical (unpaired) electrons. The molecule has 0 N–H and O–H groups in total. The van der Waals surface area contributed by atoms with Gasteiger partial charge in [0.05, 0.1) is 0 Å². The largest absolute Gasteiger partial charge is 0.293 e. The molecule has 0 atom stereocenters. The van der Waals surface area contributed by atoms with Gasteiger partial charge in [0.1, 0.15) is 11.5 Å². The van der Waals surface area contributed by atoms with Crippen molar-refractivity contribution < 1.29 is 4.79 Å². The summed E-state index contributed by atoms with van der Waals surface area (Å²) in [6.45, 7) is 4.44. The Morgan fingerprint density at radius 2 is 1.56 bits per heavy atom. The van der Waals surface area contributed by atoms with Gasteiger partial charge in [-0.15, -0.1) is 0 Å². The van der Waals surface area contributed by atoms with Crippen LogP contribution in [0.25, 0.3) is 0 Å². The van der Waals surface area contributed by atoms with E-state index in [0.29, 0.717) is 22.6 Å². The summed E-state index contributed by atoms with van der Waals surface area (Å²) in [6.07, 6.45) is 8.93. The first-order chi connectivity index (χ1) is 7.62. The van der Waals surface area contributed by atoms with E-state index < -0.39 is 0 Å². The molecule has 1 nitrogen and oxygen atoms in total. The second-order valence-corrected chi connectivity index (χ2v) is 8.64. The van der Waals surface area contributed by atoms with Gasteiger partial charge in [-0.05, 0) is 39.5 Å². The van der Waals surface area contributed by atoms with Gasteiger partial charge in [0.25, 0.3) is 0 Å². The van der Waals surface area contributed by atoms with Gasteiger partial charge in [0.2, 0.25) is 0 Å². The van der Waals surface area contributed by atoms with Crippen LogP contribution in [0.2, 0.25) is 0 Å². The highest BCUT2D eigenvalue weighted by atomic mass is 32.2. The molecule has 1 saturated carbocycles. The molecule has 2 aliphatic rings. The molecule has 0 amide bonds. The lowest BCUT2D eigenvalue weighted by atomic mass is 9.82. The maximum absolute atomic E-state index is 12.6. The fourth-order valence-electron chi connectivity index (χ4n) is 3.16. The van der Waals surface area contributed by atoms with Gasteiger partial charge < -0.3 is 0 Å². The molecule has 92 valence electrons. The minimum absolute atomic E-state index is 0.0154. The topological polar surface area (TPSA) is 17.1 Å². The van der Waals surface area contributed by atoms with Gasteiger partial charge in [-0.1, -0.05) is 19.3 Å². The molecular weight excluding hydrogens is 216 g/mol. The van der Waals surface area contributed by atoms with Gasteiger partial charge in [-0.3, -0.25) is 4.79 Å². The summed E-state index contributed by atoms with van der Waals surface area (Å²) in [6, 6.07) is 0. The van der Waals surface area contributed by atoms with Crippen LogP contribution in [0.5, 0.6) is 0 Å². The molecule has 2 rings (SSSR count). The number of carbonyl (C=O) groups is 1. The van der Waals surface area contributed by atoms with Crippen LogP contribution >= 0.6 is 0 Å². The number of hydrogen-bond acceptors (Lipinski definition) is 1. The third-order valence-corrected chi connectivity index (χ3v) is 7.53. The third kappa shape index (κ3) is 2.47. The smallest absolute Gasteiger partial charge is 0.190 e. The highest BCUT2D eigenvalue weighted by Gasteiger charge is 2.48. The van der Waals surface area contributed by atoms with Crippen molar-refractivity contribution in [1.82, 2.24) is 0 Å². The molecule has 16 heavy (non-hydrogen) atoms. The van der Waals surface area contributed by atoms with Crippen LogP contribution < -0.4 is 0 Å². The van der Waals surface area contributed by atoms with E-state index >= 15 is 0 Å². The lowest BCUT2D eigenvalue weighted by Crippen LogP contribution is -2.45. The second-order valence-electron chi connectivity index (χ2n) is 5.82. The minimum Gasteiger partial charge on any atom is -0.293 e. The molecule has 0 aromatic heterocycles. The quantitative estimate of drug-likeness (QED) is 0.693. The van der Waals surface area contributed by atoms with E-state index in [1.54, 1.807) is 0 Å². The molecular formula is C14H25OS+. The molecule has 1 aliphatic carbocycles. The Labute approximate surface area is 103 Å². The van der Waals surface area contributed by atoms with E-state index in [1.807, 2.05) is 0 Å². The molecule has 0 bridgehead atoms. The summed E-state index contributed by atoms with van der Waals surface area (Å²) >= 11 is 0. The molecule has 0 spiro atoms. The van der Waals surface area contributed by atoms with Crippen LogP contribution in [0.15, 0.2) is 0 Å². The fraction of sp³-hybridized carbons (Fsp3) is 0.929. The number of carbonyl (C=O) groups excluding carboxylic acids is 1. The molecule has 0 aromatic carbocycles. The average molecular weight is 241 g/mol. The summed E-state index contributed by atoms with van der Waals surface area (Å²) in [7, 11) is 0.381. The SMILES string of the molecule is CC(C)(C(=O)C1CCCCC1)[S+]1CCCC1. The van der Waals surface area contributed by atoms with E-state index in [4.69, 9.17) is 0 Å². The van der Waals surface area contributed by atoms with Crippen LogP contribution in [0, 0.1) is 5.92 Å². The summed E-state index contributed by atoms with van der Waals surface area (Å²) in [5.74, 6) is 3.62. The average Bonchev–Trinajstić information content (AvgIpc) is 2.83. The van der Waals surface area contributed by atoms with Gasteiger partial charge >= 0.3 is 0 Å². The predicted octanol–water partition coefficient (Wildman–Crippen LogP) is 3.33. The Morgan fingerprint density at radius 3 is 2.12 bits per heavy atom. The van der Waals surface area contributed by atoms with Gasteiger partial charge in [0, 0.05) is 16.8 Å². The van der Waals surface area contributed by atoms with E-state index in [0.717, 1.165) is 0 Å². The van der Waals surface area contributed by atoms with E-state index in [2.05, 4.69) is 13.8 Å².